The van der Waals surface area contributed by atoms with Gasteiger partial charge < -0.3 is 15.8 Å². The van der Waals surface area contributed by atoms with Gasteiger partial charge in [-0.05, 0) is 75.3 Å². The summed E-state index contributed by atoms with van der Waals surface area (Å²) in [5, 5.41) is 14.2. The molecule has 33 heavy (non-hydrogen) atoms. The number of nitro groups is 1. The standard InChI is InChI=1S/C23H34N4O5S/c1-13-8-14-9-15(12-23(4,11-14)20(24)28)19(13)25-21(29)22(2,3)26-33-18-7-6-16(27(30)31)10-17(18)32-5/h6-7,10,13-15,19,26H,8-9,11-12H2,1-5H3,(H2,24,28)(H,25,29). The van der Waals surface area contributed by atoms with Gasteiger partial charge in [0.2, 0.25) is 11.8 Å². The van der Waals surface area contributed by atoms with E-state index < -0.39 is 15.9 Å². The number of rotatable bonds is 8. The van der Waals surface area contributed by atoms with Crippen LogP contribution in [0.3, 0.4) is 0 Å². The van der Waals surface area contributed by atoms with E-state index in [2.05, 4.69) is 17.0 Å². The maximum Gasteiger partial charge on any atom is 0.273 e. The largest absolute Gasteiger partial charge is 0.495 e. The van der Waals surface area contributed by atoms with E-state index in [0.29, 0.717) is 28.9 Å². The van der Waals surface area contributed by atoms with Crippen LogP contribution in [-0.2, 0) is 9.59 Å². The molecule has 0 aromatic heterocycles. The molecular weight excluding hydrogens is 444 g/mol. The molecule has 2 bridgehead atoms. The number of nitrogens with two attached hydrogens (primary N) is 1. The first-order valence-electron chi connectivity index (χ1n) is 11.2. The number of fused-ring (bicyclic) bond motifs is 2. The number of carbonyl (C=O) groups excluding carboxylic acids is 2. The summed E-state index contributed by atoms with van der Waals surface area (Å²) in [5.74, 6) is 0.948. The average Bonchev–Trinajstić information content (AvgIpc) is 2.74. The van der Waals surface area contributed by atoms with Crippen molar-refractivity contribution in [1.29, 1.82) is 0 Å². The van der Waals surface area contributed by atoms with Crippen LogP contribution < -0.4 is 20.5 Å². The number of hydrogen-bond donors (Lipinski definition) is 3. The molecule has 0 spiro atoms. The Labute approximate surface area is 198 Å². The van der Waals surface area contributed by atoms with Crippen molar-refractivity contribution in [3.05, 3.63) is 28.3 Å². The zero-order valence-corrected chi connectivity index (χ0v) is 20.7. The molecule has 2 aliphatic rings. The van der Waals surface area contributed by atoms with E-state index >= 15 is 0 Å². The molecule has 4 N–H and O–H groups in total. The predicted molar refractivity (Wildman–Crippen MR) is 127 cm³/mol. The van der Waals surface area contributed by atoms with Gasteiger partial charge in [0.25, 0.3) is 5.69 Å². The molecule has 2 fully saturated rings. The van der Waals surface area contributed by atoms with Crippen molar-refractivity contribution >= 4 is 29.4 Å². The van der Waals surface area contributed by atoms with Crippen LogP contribution >= 0.6 is 11.9 Å². The van der Waals surface area contributed by atoms with E-state index in [1.54, 1.807) is 19.9 Å². The normalized spacial score (nSPS) is 29.2. The minimum Gasteiger partial charge on any atom is -0.495 e. The third-order valence-corrected chi connectivity index (χ3v) is 8.32. The Morgan fingerprint density at radius 2 is 2.00 bits per heavy atom. The quantitative estimate of drug-likeness (QED) is 0.296. The van der Waals surface area contributed by atoms with Gasteiger partial charge in [0.1, 0.15) is 11.3 Å². The van der Waals surface area contributed by atoms with Crippen molar-refractivity contribution in [2.75, 3.05) is 7.11 Å². The number of amides is 2. The lowest BCUT2D eigenvalue weighted by Crippen LogP contribution is -2.59. The van der Waals surface area contributed by atoms with Crippen molar-refractivity contribution in [1.82, 2.24) is 10.0 Å². The Morgan fingerprint density at radius 3 is 2.61 bits per heavy atom. The van der Waals surface area contributed by atoms with Gasteiger partial charge in [-0.3, -0.25) is 19.7 Å². The van der Waals surface area contributed by atoms with Gasteiger partial charge >= 0.3 is 0 Å². The van der Waals surface area contributed by atoms with Gasteiger partial charge in [-0.15, -0.1) is 0 Å². The predicted octanol–water partition coefficient (Wildman–Crippen LogP) is 3.41. The number of carbonyl (C=O) groups is 2. The summed E-state index contributed by atoms with van der Waals surface area (Å²) in [5.41, 5.74) is 4.21. The summed E-state index contributed by atoms with van der Waals surface area (Å²) in [6.45, 7) is 7.69. The van der Waals surface area contributed by atoms with E-state index in [1.165, 1.54) is 31.2 Å². The van der Waals surface area contributed by atoms with Crippen molar-refractivity contribution in [2.45, 2.75) is 69.9 Å². The smallest absolute Gasteiger partial charge is 0.273 e. The number of hydrogen-bond acceptors (Lipinski definition) is 7. The van der Waals surface area contributed by atoms with E-state index in [-0.39, 0.29) is 29.5 Å². The van der Waals surface area contributed by atoms with Crippen LogP contribution in [0, 0.1) is 33.3 Å². The zero-order valence-electron chi connectivity index (χ0n) is 19.8. The minimum absolute atomic E-state index is 0.0206. The van der Waals surface area contributed by atoms with Crippen LogP contribution in [0.5, 0.6) is 5.75 Å². The highest BCUT2D eigenvalue weighted by Gasteiger charge is 2.49. The second kappa shape index (κ2) is 9.50. The molecule has 2 saturated carbocycles. The number of nitrogens with one attached hydrogen (secondary N) is 2. The zero-order chi connectivity index (χ0) is 24.6. The van der Waals surface area contributed by atoms with E-state index in [1.807, 2.05) is 6.92 Å². The summed E-state index contributed by atoms with van der Waals surface area (Å²) in [4.78, 5) is 36.5. The summed E-state index contributed by atoms with van der Waals surface area (Å²) in [6, 6.07) is 4.33. The third kappa shape index (κ3) is 5.43. The van der Waals surface area contributed by atoms with Gasteiger partial charge in [-0.1, -0.05) is 13.8 Å². The molecule has 0 aliphatic heterocycles. The molecule has 2 aliphatic carbocycles. The first-order chi connectivity index (χ1) is 15.4. The van der Waals surface area contributed by atoms with Gasteiger partial charge in [-0.2, -0.15) is 0 Å². The molecule has 5 unspecified atom stereocenters. The van der Waals surface area contributed by atoms with Crippen LogP contribution in [-0.4, -0.2) is 35.4 Å². The Morgan fingerprint density at radius 1 is 1.30 bits per heavy atom. The molecule has 10 heteroatoms. The molecule has 0 heterocycles. The molecule has 5 atom stereocenters. The lowest BCUT2D eigenvalue weighted by atomic mass is 9.57. The summed E-state index contributed by atoms with van der Waals surface area (Å²) < 4.78 is 8.45. The van der Waals surface area contributed by atoms with Crippen LogP contribution in [0.4, 0.5) is 5.69 Å². The molecular formula is C23H34N4O5S. The number of nitrogens with zero attached hydrogens (tertiary/aromatic N) is 1. The van der Waals surface area contributed by atoms with E-state index in [0.717, 1.165) is 19.3 Å². The van der Waals surface area contributed by atoms with Crippen molar-refractivity contribution in [3.63, 3.8) is 0 Å². The first-order valence-corrected chi connectivity index (χ1v) is 12.1. The molecule has 0 saturated heterocycles. The number of methoxy groups -OCH3 is 1. The van der Waals surface area contributed by atoms with Gasteiger partial charge in [0, 0.05) is 17.5 Å². The molecule has 3 rings (SSSR count). The van der Waals surface area contributed by atoms with Crippen LogP contribution in [0.25, 0.3) is 0 Å². The Balaban J connectivity index is 1.68. The molecule has 9 nitrogen and oxygen atoms in total. The fourth-order valence-corrected chi connectivity index (χ4v) is 6.20. The third-order valence-electron chi connectivity index (χ3n) is 7.15. The summed E-state index contributed by atoms with van der Waals surface area (Å²) in [6.07, 6.45) is 3.48. The molecule has 1 aromatic rings. The van der Waals surface area contributed by atoms with Gasteiger partial charge in [0.15, 0.2) is 0 Å². The Kier molecular flexibility index (Phi) is 7.28. The maximum atomic E-state index is 13.3. The number of nitro benzene ring substituents is 1. The summed E-state index contributed by atoms with van der Waals surface area (Å²) in [7, 11) is 1.45. The molecule has 1 aromatic carbocycles. The topological polar surface area (TPSA) is 137 Å². The monoisotopic (exact) mass is 478 g/mol. The molecule has 0 radical (unpaired) electrons. The number of benzene rings is 1. The lowest BCUT2D eigenvalue weighted by Gasteiger charge is -2.50. The number of non-ortho nitro benzene ring substituents is 1. The number of ether oxygens (including phenoxy) is 1. The van der Waals surface area contributed by atoms with Crippen molar-refractivity contribution in [3.8, 4) is 5.75 Å². The molecule has 2 amide bonds. The fourth-order valence-electron chi connectivity index (χ4n) is 5.36. The van der Waals surface area contributed by atoms with Gasteiger partial charge in [0.05, 0.1) is 23.0 Å². The summed E-state index contributed by atoms with van der Waals surface area (Å²) >= 11 is 1.19. The average molecular weight is 479 g/mol. The second-order valence-electron chi connectivity index (χ2n) is 10.3. The highest BCUT2D eigenvalue weighted by atomic mass is 32.2. The highest BCUT2D eigenvalue weighted by Crippen LogP contribution is 2.50. The maximum absolute atomic E-state index is 13.3. The molecule has 182 valence electrons. The highest BCUT2D eigenvalue weighted by molar-refractivity contribution is 7.97. The minimum atomic E-state index is -0.921. The Bertz CT molecular complexity index is 937. The SMILES string of the molecule is COc1cc([N+](=O)[O-])ccc1SNC(C)(C)C(=O)NC1C(C)CC2CC1CC(C)(C(N)=O)C2. The van der Waals surface area contributed by atoms with Crippen LogP contribution in [0.2, 0.25) is 0 Å². The van der Waals surface area contributed by atoms with Gasteiger partial charge in [-0.25, -0.2) is 4.72 Å². The Hall–Kier alpha value is -2.33. The van der Waals surface area contributed by atoms with Crippen molar-refractivity contribution in [2.24, 2.45) is 28.9 Å². The number of primary amides is 1. The second-order valence-corrected chi connectivity index (χ2v) is 11.2. The van der Waals surface area contributed by atoms with Crippen LogP contribution in [0.1, 0.15) is 53.4 Å². The van der Waals surface area contributed by atoms with Crippen molar-refractivity contribution < 1.29 is 19.2 Å². The van der Waals surface area contributed by atoms with E-state index in [9.17, 15) is 19.7 Å². The van der Waals surface area contributed by atoms with E-state index in [4.69, 9.17) is 10.5 Å². The van der Waals surface area contributed by atoms with Crippen LogP contribution in [0.15, 0.2) is 23.1 Å². The lowest BCUT2D eigenvalue weighted by molar-refractivity contribution is -0.385. The fraction of sp³-hybridized carbons (Fsp3) is 0.652. The first kappa shape index (κ1) is 25.3.